The van der Waals surface area contributed by atoms with Gasteiger partial charge in [-0.2, -0.15) is 5.26 Å². The maximum absolute atomic E-state index is 13.1. The first kappa shape index (κ1) is 14.5. The van der Waals surface area contributed by atoms with Gasteiger partial charge in [0.15, 0.2) is 0 Å². The Kier molecular flexibility index (Phi) is 3.89. The maximum Gasteiger partial charge on any atom is 0.295 e. The van der Waals surface area contributed by atoms with Crippen LogP contribution in [0.15, 0.2) is 24.3 Å². The van der Waals surface area contributed by atoms with E-state index in [0.717, 1.165) is 23.4 Å². The highest BCUT2D eigenvalue weighted by molar-refractivity contribution is 5.61. The molecule has 1 heterocycles. The minimum atomic E-state index is -0.657. The molecule has 1 N–H and O–H groups in total. The van der Waals surface area contributed by atoms with E-state index >= 15 is 0 Å². The average molecular weight is 288 g/mol. The summed E-state index contributed by atoms with van der Waals surface area (Å²) in [5.74, 6) is -0.657. The van der Waals surface area contributed by atoms with Crippen molar-refractivity contribution < 1.29 is 9.31 Å². The molecule has 0 radical (unpaired) electrons. The molecule has 6 nitrogen and oxygen atoms in total. The van der Waals surface area contributed by atoms with Crippen molar-refractivity contribution in [3.05, 3.63) is 57.1 Å². The van der Waals surface area contributed by atoms with Gasteiger partial charge in [-0.15, -0.1) is 0 Å². The number of benzene rings is 1. The molecule has 1 aromatic carbocycles. The molecule has 2 rings (SSSR count). The monoisotopic (exact) mass is 288 g/mol. The normalized spacial score (nSPS) is 10.2. The molecule has 0 saturated carbocycles. The summed E-state index contributed by atoms with van der Waals surface area (Å²) in [6.07, 6.45) is 0. The van der Waals surface area contributed by atoms with Crippen molar-refractivity contribution >= 4 is 11.4 Å². The quantitative estimate of drug-likeness (QED) is 0.692. The van der Waals surface area contributed by atoms with E-state index in [1.54, 1.807) is 17.7 Å². The molecular weight excluding hydrogens is 275 g/mol. The van der Waals surface area contributed by atoms with Crippen molar-refractivity contribution in [2.75, 3.05) is 5.32 Å². The van der Waals surface area contributed by atoms with E-state index < -0.39 is 10.7 Å². The van der Waals surface area contributed by atoms with Gasteiger partial charge in [-0.1, -0.05) is 0 Å². The Balaban J connectivity index is 2.25. The van der Waals surface area contributed by atoms with Gasteiger partial charge in [0.2, 0.25) is 0 Å². The van der Waals surface area contributed by atoms with Gasteiger partial charge in [0.1, 0.15) is 23.3 Å². The first-order chi connectivity index (χ1) is 9.93. The molecule has 1 aromatic heterocycles. The summed E-state index contributed by atoms with van der Waals surface area (Å²) in [7, 11) is 1.78. The van der Waals surface area contributed by atoms with Crippen LogP contribution < -0.4 is 5.32 Å². The Bertz CT molecular complexity index is 746. The van der Waals surface area contributed by atoms with E-state index in [-0.39, 0.29) is 11.4 Å². The first-order valence-corrected chi connectivity index (χ1v) is 6.17. The number of nitrogens with one attached hydrogen (secondary N) is 1. The number of hydrogen-bond acceptors (Lipinski definition) is 4. The lowest BCUT2D eigenvalue weighted by atomic mass is 10.2. The average Bonchev–Trinajstić information content (AvgIpc) is 2.73. The van der Waals surface area contributed by atoms with Gasteiger partial charge in [-0.3, -0.25) is 10.1 Å². The fourth-order valence-electron chi connectivity index (χ4n) is 2.04. The zero-order chi connectivity index (χ0) is 15.6. The highest BCUT2D eigenvalue weighted by atomic mass is 19.1. The van der Waals surface area contributed by atoms with Crippen molar-refractivity contribution in [1.29, 1.82) is 5.26 Å². The third-order valence-corrected chi connectivity index (χ3v) is 3.38. The van der Waals surface area contributed by atoms with Gasteiger partial charge in [-0.25, -0.2) is 4.39 Å². The van der Waals surface area contributed by atoms with Crippen LogP contribution in [0.3, 0.4) is 0 Å². The van der Waals surface area contributed by atoms with Crippen molar-refractivity contribution in [3.8, 4) is 6.07 Å². The van der Waals surface area contributed by atoms with Crippen molar-refractivity contribution in [3.63, 3.8) is 0 Å². The Labute approximate surface area is 120 Å². The summed E-state index contributed by atoms with van der Waals surface area (Å²) >= 11 is 0. The second-order valence-electron chi connectivity index (χ2n) is 4.58. The third-order valence-electron chi connectivity index (χ3n) is 3.38. The highest BCUT2D eigenvalue weighted by Gasteiger charge is 2.15. The van der Waals surface area contributed by atoms with E-state index in [0.29, 0.717) is 12.2 Å². The zero-order valence-electron chi connectivity index (χ0n) is 11.6. The number of nitro groups is 1. The van der Waals surface area contributed by atoms with Gasteiger partial charge in [0, 0.05) is 19.3 Å². The van der Waals surface area contributed by atoms with Gasteiger partial charge in [0.05, 0.1) is 11.0 Å². The van der Waals surface area contributed by atoms with Gasteiger partial charge in [0.25, 0.3) is 5.69 Å². The predicted octanol–water partition coefficient (Wildman–Crippen LogP) is 2.86. The van der Waals surface area contributed by atoms with Crippen LogP contribution in [-0.4, -0.2) is 9.49 Å². The van der Waals surface area contributed by atoms with Crippen LogP contribution in [0.1, 0.15) is 17.0 Å². The van der Waals surface area contributed by atoms with Gasteiger partial charge < -0.3 is 9.88 Å². The van der Waals surface area contributed by atoms with Gasteiger partial charge >= 0.3 is 0 Å². The topological polar surface area (TPSA) is 83.9 Å². The molecule has 0 spiro atoms. The molecular formula is C14H13FN4O2. The van der Waals surface area contributed by atoms with Crippen LogP contribution in [0.5, 0.6) is 0 Å². The number of nitrogens with zero attached hydrogens (tertiary/aromatic N) is 3. The molecule has 7 heteroatoms. The minimum Gasteiger partial charge on any atom is -0.375 e. The maximum atomic E-state index is 13.1. The summed E-state index contributed by atoms with van der Waals surface area (Å²) in [5, 5.41) is 22.8. The SMILES string of the molecule is Cc1c(CNc2ccc(F)cc2[N+](=O)[O-])cc(C#N)n1C. The lowest BCUT2D eigenvalue weighted by molar-refractivity contribution is -0.384. The minimum absolute atomic E-state index is 0.239. The second-order valence-corrected chi connectivity index (χ2v) is 4.58. The Morgan fingerprint density at radius 2 is 2.19 bits per heavy atom. The number of nitriles is 1. The number of nitro benzene ring substituents is 1. The zero-order valence-corrected chi connectivity index (χ0v) is 11.6. The Morgan fingerprint density at radius 1 is 1.48 bits per heavy atom. The van der Waals surface area contributed by atoms with Crippen molar-refractivity contribution in [2.24, 2.45) is 7.05 Å². The standard InChI is InChI=1S/C14H13FN4O2/c1-9-10(5-12(7-16)18(9)2)8-17-13-4-3-11(15)6-14(13)19(20)21/h3-6,17H,8H2,1-2H3. The number of halogens is 1. The summed E-state index contributed by atoms with van der Waals surface area (Å²) < 4.78 is 14.8. The molecule has 0 atom stereocenters. The molecule has 0 bridgehead atoms. The van der Waals surface area contributed by atoms with Crippen LogP contribution in [-0.2, 0) is 13.6 Å². The molecule has 21 heavy (non-hydrogen) atoms. The molecule has 0 aliphatic heterocycles. The molecule has 0 amide bonds. The van der Waals surface area contributed by atoms with Crippen LogP contribution in [0.4, 0.5) is 15.8 Å². The van der Waals surface area contributed by atoms with E-state index in [1.165, 1.54) is 6.07 Å². The third kappa shape index (κ3) is 2.84. The Morgan fingerprint density at radius 3 is 2.76 bits per heavy atom. The molecule has 0 aliphatic rings. The van der Waals surface area contributed by atoms with Crippen molar-refractivity contribution in [2.45, 2.75) is 13.5 Å². The molecule has 2 aromatic rings. The summed E-state index contributed by atoms with van der Waals surface area (Å²) in [5.41, 5.74) is 2.18. The van der Waals surface area contributed by atoms with Crippen molar-refractivity contribution in [1.82, 2.24) is 4.57 Å². The van der Waals surface area contributed by atoms with E-state index in [9.17, 15) is 14.5 Å². The lowest BCUT2D eigenvalue weighted by Gasteiger charge is -2.07. The predicted molar refractivity (Wildman–Crippen MR) is 75.2 cm³/mol. The molecule has 108 valence electrons. The van der Waals surface area contributed by atoms with Crippen LogP contribution in [0.25, 0.3) is 0 Å². The number of rotatable bonds is 4. The number of hydrogen-bond donors (Lipinski definition) is 1. The van der Waals surface area contributed by atoms with Crippen LogP contribution in [0, 0.1) is 34.2 Å². The largest absolute Gasteiger partial charge is 0.375 e. The highest BCUT2D eigenvalue weighted by Crippen LogP contribution is 2.26. The van der Waals surface area contributed by atoms with E-state index in [2.05, 4.69) is 11.4 Å². The number of anilines is 1. The lowest BCUT2D eigenvalue weighted by Crippen LogP contribution is -2.04. The molecule has 0 aliphatic carbocycles. The second kappa shape index (κ2) is 5.63. The number of aromatic nitrogens is 1. The fraction of sp³-hybridized carbons (Fsp3) is 0.214. The fourth-order valence-corrected chi connectivity index (χ4v) is 2.04. The smallest absolute Gasteiger partial charge is 0.295 e. The molecule has 0 saturated heterocycles. The van der Waals surface area contributed by atoms with E-state index in [4.69, 9.17) is 5.26 Å². The summed E-state index contributed by atoms with van der Waals surface area (Å²) in [4.78, 5) is 10.3. The van der Waals surface area contributed by atoms with Crippen LogP contribution >= 0.6 is 0 Å². The Hall–Kier alpha value is -2.88. The first-order valence-electron chi connectivity index (χ1n) is 6.17. The molecule has 0 unspecified atom stereocenters. The molecule has 0 fully saturated rings. The summed E-state index contributed by atoms with van der Waals surface area (Å²) in [6, 6.07) is 7.16. The van der Waals surface area contributed by atoms with Gasteiger partial charge in [-0.05, 0) is 30.7 Å². The van der Waals surface area contributed by atoms with E-state index in [1.807, 2.05) is 6.92 Å². The summed E-state index contributed by atoms with van der Waals surface area (Å²) in [6.45, 7) is 2.17. The van der Waals surface area contributed by atoms with Crippen LogP contribution in [0.2, 0.25) is 0 Å².